The zero-order valence-corrected chi connectivity index (χ0v) is 20.4. The van der Waals surface area contributed by atoms with Crippen LogP contribution >= 0.6 is 11.3 Å². The van der Waals surface area contributed by atoms with Crippen LogP contribution in [0.25, 0.3) is 16.3 Å². The SMILES string of the molecule is COC1C2CC(Oc3nnc(-c4ccc(-n5ccc(C)n5)cc4O)s3)CC(N2)C(OC)C1OC. The molecule has 1 aromatic carbocycles. The number of nitrogens with one attached hydrogen (secondary N) is 1. The Morgan fingerprint density at radius 1 is 1.00 bits per heavy atom. The molecule has 0 radical (unpaired) electrons. The first-order valence-electron chi connectivity index (χ1n) is 11.2. The summed E-state index contributed by atoms with van der Waals surface area (Å²) < 4.78 is 25.2. The summed E-state index contributed by atoms with van der Waals surface area (Å²) in [5.41, 5.74) is 2.28. The number of methoxy groups -OCH3 is 3. The summed E-state index contributed by atoms with van der Waals surface area (Å²) in [4.78, 5) is 0. The Hall–Kier alpha value is -2.57. The summed E-state index contributed by atoms with van der Waals surface area (Å²) in [5, 5.41) is 28.2. The van der Waals surface area contributed by atoms with E-state index in [4.69, 9.17) is 18.9 Å². The van der Waals surface area contributed by atoms with E-state index in [1.165, 1.54) is 11.3 Å². The molecule has 182 valence electrons. The van der Waals surface area contributed by atoms with E-state index in [1.807, 2.05) is 31.3 Å². The predicted molar refractivity (Wildman–Crippen MR) is 126 cm³/mol. The zero-order chi connectivity index (χ0) is 23.8. The lowest BCUT2D eigenvalue weighted by molar-refractivity contribution is -0.168. The third-order valence-corrected chi connectivity index (χ3v) is 7.44. The van der Waals surface area contributed by atoms with Crippen LogP contribution in [0.15, 0.2) is 30.5 Å². The number of phenols is 1. The fraction of sp³-hybridized carbons (Fsp3) is 0.522. The van der Waals surface area contributed by atoms with Gasteiger partial charge in [-0.05, 0) is 25.1 Å². The van der Waals surface area contributed by atoms with Gasteiger partial charge in [0.1, 0.15) is 30.2 Å². The van der Waals surface area contributed by atoms with E-state index >= 15 is 0 Å². The summed E-state index contributed by atoms with van der Waals surface area (Å²) in [6.45, 7) is 1.92. The number of hydrogen-bond donors (Lipinski definition) is 2. The Balaban J connectivity index is 1.30. The van der Waals surface area contributed by atoms with Crippen LogP contribution in [0.5, 0.6) is 10.9 Å². The molecule has 2 fully saturated rings. The largest absolute Gasteiger partial charge is 0.507 e. The minimum atomic E-state index is -0.142. The van der Waals surface area contributed by atoms with Gasteiger partial charge in [0.05, 0.1) is 16.9 Å². The Labute approximate surface area is 201 Å². The van der Waals surface area contributed by atoms with E-state index in [0.717, 1.165) is 24.2 Å². The molecule has 10 nitrogen and oxygen atoms in total. The fourth-order valence-corrected chi connectivity index (χ4v) is 5.84. The van der Waals surface area contributed by atoms with Gasteiger partial charge in [0.25, 0.3) is 5.19 Å². The van der Waals surface area contributed by atoms with Gasteiger partial charge in [0.2, 0.25) is 0 Å². The van der Waals surface area contributed by atoms with Crippen molar-refractivity contribution in [3.8, 4) is 27.2 Å². The van der Waals surface area contributed by atoms with Crippen molar-refractivity contribution in [2.75, 3.05) is 21.3 Å². The van der Waals surface area contributed by atoms with Gasteiger partial charge in [-0.1, -0.05) is 16.4 Å². The maximum absolute atomic E-state index is 10.6. The van der Waals surface area contributed by atoms with Crippen molar-refractivity contribution in [3.05, 3.63) is 36.2 Å². The van der Waals surface area contributed by atoms with Gasteiger partial charge in [0.15, 0.2) is 5.01 Å². The van der Waals surface area contributed by atoms with Crippen molar-refractivity contribution in [2.24, 2.45) is 0 Å². The topological polar surface area (TPSA) is 113 Å². The highest BCUT2D eigenvalue weighted by molar-refractivity contribution is 7.16. The molecular formula is C23H29N5O5S. The average Bonchev–Trinajstić information content (AvgIpc) is 3.47. The number of aromatic nitrogens is 4. The zero-order valence-electron chi connectivity index (χ0n) is 19.5. The first-order valence-corrected chi connectivity index (χ1v) is 12.0. The van der Waals surface area contributed by atoms with Gasteiger partial charge < -0.3 is 29.4 Å². The second-order valence-corrected chi connectivity index (χ2v) is 9.61. The van der Waals surface area contributed by atoms with Crippen LogP contribution in [-0.4, -0.2) is 82.9 Å². The monoisotopic (exact) mass is 487 g/mol. The van der Waals surface area contributed by atoms with Crippen LogP contribution in [0.3, 0.4) is 0 Å². The molecule has 3 aromatic rings. The van der Waals surface area contributed by atoms with E-state index in [-0.39, 0.29) is 42.2 Å². The Morgan fingerprint density at radius 3 is 2.29 bits per heavy atom. The second kappa shape index (κ2) is 9.59. The Morgan fingerprint density at radius 2 is 1.71 bits per heavy atom. The highest BCUT2D eigenvalue weighted by Crippen LogP contribution is 2.37. The maximum Gasteiger partial charge on any atom is 0.294 e. The molecule has 0 saturated carbocycles. The van der Waals surface area contributed by atoms with Crippen LogP contribution in [0.1, 0.15) is 18.5 Å². The summed E-state index contributed by atoms with van der Waals surface area (Å²) in [6, 6.07) is 7.45. The highest BCUT2D eigenvalue weighted by atomic mass is 32.1. The molecule has 0 aliphatic carbocycles. The number of benzene rings is 1. The minimum absolute atomic E-state index is 0.0656. The Bertz CT molecular complexity index is 1120. The molecule has 0 amide bonds. The normalized spacial score (nSPS) is 28.7. The lowest BCUT2D eigenvalue weighted by Gasteiger charge is -2.50. The van der Waals surface area contributed by atoms with E-state index < -0.39 is 0 Å². The molecule has 2 saturated heterocycles. The number of aromatic hydroxyl groups is 1. The molecule has 2 aliphatic heterocycles. The van der Waals surface area contributed by atoms with Gasteiger partial charge >= 0.3 is 0 Å². The number of hydrogen-bond acceptors (Lipinski definition) is 10. The van der Waals surface area contributed by atoms with Gasteiger partial charge in [-0.2, -0.15) is 5.10 Å². The molecule has 4 unspecified atom stereocenters. The molecule has 0 spiro atoms. The number of aryl methyl sites for hydroxylation is 1. The minimum Gasteiger partial charge on any atom is -0.507 e. The van der Waals surface area contributed by atoms with Gasteiger partial charge in [-0.25, -0.2) is 4.68 Å². The van der Waals surface area contributed by atoms with Crippen LogP contribution in [0.2, 0.25) is 0 Å². The molecule has 2 aromatic heterocycles. The summed E-state index contributed by atoms with van der Waals surface area (Å²) in [7, 11) is 5.08. The fourth-order valence-electron chi connectivity index (χ4n) is 5.05. The molecule has 11 heteroatoms. The van der Waals surface area contributed by atoms with E-state index in [1.54, 1.807) is 32.1 Å². The van der Waals surface area contributed by atoms with Gasteiger partial charge in [0, 0.05) is 58.5 Å². The quantitative estimate of drug-likeness (QED) is 0.518. The molecule has 34 heavy (non-hydrogen) atoms. The van der Waals surface area contributed by atoms with E-state index in [0.29, 0.717) is 15.8 Å². The third-order valence-electron chi connectivity index (χ3n) is 6.59. The van der Waals surface area contributed by atoms with E-state index in [2.05, 4.69) is 20.6 Å². The van der Waals surface area contributed by atoms with Crippen LogP contribution in [0, 0.1) is 6.92 Å². The summed E-state index contributed by atoms with van der Waals surface area (Å²) in [6.07, 6.45) is 2.87. The predicted octanol–water partition coefficient (Wildman–Crippen LogP) is 2.33. The van der Waals surface area contributed by atoms with Crippen molar-refractivity contribution in [3.63, 3.8) is 0 Å². The Kier molecular flexibility index (Phi) is 6.54. The number of piperidine rings is 2. The lowest BCUT2D eigenvalue weighted by atomic mass is 9.79. The highest BCUT2D eigenvalue weighted by Gasteiger charge is 2.50. The number of rotatable bonds is 7. The standard InChI is InChI=1S/C23H29N5O5S/c1-12-7-8-28(27-12)13-5-6-15(18(29)9-13)22-25-26-23(34-22)33-14-10-16-19(30-2)21(32-4)20(31-3)17(11-14)24-16/h5-9,14,16-17,19-21,24,29H,10-11H2,1-4H3. The molecule has 5 rings (SSSR count). The molecular weight excluding hydrogens is 458 g/mol. The number of fused-ring (bicyclic) bond motifs is 2. The summed E-state index contributed by atoms with van der Waals surface area (Å²) >= 11 is 1.31. The lowest BCUT2D eigenvalue weighted by Crippen LogP contribution is -2.70. The number of phenolic OH excluding ortho intramolecular Hbond substituents is 1. The van der Waals surface area contributed by atoms with Crippen molar-refractivity contribution >= 4 is 11.3 Å². The van der Waals surface area contributed by atoms with Crippen molar-refractivity contribution in [2.45, 2.75) is 56.3 Å². The first-order chi connectivity index (χ1) is 16.5. The molecule has 4 atom stereocenters. The number of ether oxygens (including phenoxy) is 4. The van der Waals surface area contributed by atoms with E-state index in [9.17, 15) is 5.11 Å². The van der Waals surface area contributed by atoms with Crippen LogP contribution < -0.4 is 10.1 Å². The van der Waals surface area contributed by atoms with Crippen molar-refractivity contribution in [1.29, 1.82) is 0 Å². The first kappa shape index (κ1) is 23.2. The smallest absolute Gasteiger partial charge is 0.294 e. The maximum atomic E-state index is 10.6. The van der Waals surface area contributed by atoms with Gasteiger partial charge in [-0.3, -0.25) is 0 Å². The van der Waals surface area contributed by atoms with Crippen molar-refractivity contribution < 1.29 is 24.1 Å². The van der Waals surface area contributed by atoms with Crippen molar-refractivity contribution in [1.82, 2.24) is 25.3 Å². The molecule has 2 bridgehead atoms. The average molecular weight is 488 g/mol. The molecule has 4 heterocycles. The third kappa shape index (κ3) is 4.29. The summed E-state index contributed by atoms with van der Waals surface area (Å²) in [5.74, 6) is 0.112. The second-order valence-electron chi connectivity index (χ2n) is 8.67. The van der Waals surface area contributed by atoms with Crippen LogP contribution in [0.4, 0.5) is 0 Å². The van der Waals surface area contributed by atoms with Gasteiger partial charge in [-0.15, -0.1) is 5.10 Å². The molecule has 2 N–H and O–H groups in total. The van der Waals surface area contributed by atoms with Crippen LogP contribution in [-0.2, 0) is 14.2 Å². The molecule has 2 aliphatic rings. The number of nitrogens with zero attached hydrogens (tertiary/aromatic N) is 4.